The van der Waals surface area contributed by atoms with Crippen LogP contribution in [0, 0.1) is 0 Å². The van der Waals surface area contributed by atoms with Gasteiger partial charge in [0, 0.05) is 63.0 Å². The summed E-state index contributed by atoms with van der Waals surface area (Å²) >= 11 is 1.52. The molecule has 0 aliphatic carbocycles. The Morgan fingerprint density at radius 3 is 2.44 bits per heavy atom. The lowest BCUT2D eigenvalue weighted by atomic mass is 9.98. The van der Waals surface area contributed by atoms with Crippen molar-refractivity contribution in [1.29, 1.82) is 0 Å². The lowest BCUT2D eigenvalue weighted by Crippen LogP contribution is -2.54. The maximum Gasteiger partial charge on any atom is 0.320 e. The van der Waals surface area contributed by atoms with E-state index in [9.17, 15) is 9.59 Å². The number of nitrogens with zero attached hydrogens (tertiary/aromatic N) is 6. The summed E-state index contributed by atoms with van der Waals surface area (Å²) in [5.41, 5.74) is 1.07. The van der Waals surface area contributed by atoms with Gasteiger partial charge >= 0.3 is 6.03 Å². The number of piperidine rings is 1. The van der Waals surface area contributed by atoms with Gasteiger partial charge in [0.05, 0.1) is 16.9 Å². The number of nitrogens with one attached hydrogen (secondary N) is 1. The highest BCUT2D eigenvalue weighted by Crippen LogP contribution is 2.31. The van der Waals surface area contributed by atoms with E-state index in [2.05, 4.69) is 25.2 Å². The Bertz CT molecular complexity index is 1110. The SMILES string of the molecule is O=C(Nc1cccnc1)c1csc(C2CCN(C(=O)N3CCN(c4ccccn4)CC3)CC2)n1. The Hall–Kier alpha value is -3.53. The number of piperazine rings is 1. The zero-order chi connectivity index (χ0) is 23.3. The van der Waals surface area contributed by atoms with Gasteiger partial charge in [0.1, 0.15) is 11.5 Å². The lowest BCUT2D eigenvalue weighted by molar-refractivity contribution is 0.102. The fourth-order valence-electron chi connectivity index (χ4n) is 4.40. The first-order valence-electron chi connectivity index (χ1n) is 11.5. The number of likely N-dealkylation sites (tertiary alicyclic amines) is 1. The fourth-order valence-corrected chi connectivity index (χ4v) is 5.37. The summed E-state index contributed by atoms with van der Waals surface area (Å²) in [6.45, 7) is 4.42. The van der Waals surface area contributed by atoms with Crippen LogP contribution in [0.1, 0.15) is 34.3 Å². The molecule has 0 saturated carbocycles. The summed E-state index contributed by atoms with van der Waals surface area (Å²) in [7, 11) is 0. The molecule has 2 aliphatic heterocycles. The van der Waals surface area contributed by atoms with E-state index in [-0.39, 0.29) is 17.9 Å². The van der Waals surface area contributed by atoms with E-state index in [1.54, 1.807) is 36.1 Å². The van der Waals surface area contributed by atoms with Gasteiger partial charge in [0.15, 0.2) is 0 Å². The van der Waals surface area contributed by atoms with Crippen LogP contribution in [-0.4, -0.2) is 76.0 Å². The number of hydrogen-bond donors (Lipinski definition) is 1. The van der Waals surface area contributed by atoms with Crippen molar-refractivity contribution >= 4 is 34.8 Å². The molecular formula is C24H27N7O2S. The Morgan fingerprint density at radius 1 is 0.941 bits per heavy atom. The molecular weight excluding hydrogens is 450 g/mol. The van der Waals surface area contributed by atoms with Gasteiger partial charge in [-0.3, -0.25) is 9.78 Å². The van der Waals surface area contributed by atoms with Crippen LogP contribution < -0.4 is 10.2 Å². The second-order valence-corrected chi connectivity index (χ2v) is 9.36. The van der Waals surface area contributed by atoms with E-state index in [4.69, 9.17) is 0 Å². The molecule has 3 aromatic heterocycles. The van der Waals surface area contributed by atoms with Gasteiger partial charge < -0.3 is 20.0 Å². The molecule has 1 N–H and O–H groups in total. The van der Waals surface area contributed by atoms with Crippen molar-refractivity contribution in [3.05, 3.63) is 65.0 Å². The first-order chi connectivity index (χ1) is 16.7. The number of anilines is 2. The third-order valence-corrected chi connectivity index (χ3v) is 7.32. The zero-order valence-electron chi connectivity index (χ0n) is 18.8. The number of carbonyl (C=O) groups excluding carboxylic acids is 2. The number of carbonyl (C=O) groups is 2. The Kier molecular flexibility index (Phi) is 6.66. The highest BCUT2D eigenvalue weighted by Gasteiger charge is 2.30. The molecule has 5 heterocycles. The van der Waals surface area contributed by atoms with Gasteiger partial charge in [-0.05, 0) is 37.1 Å². The Labute approximate surface area is 202 Å². The highest BCUT2D eigenvalue weighted by atomic mass is 32.1. The first kappa shape index (κ1) is 22.3. The predicted octanol–water partition coefficient (Wildman–Crippen LogP) is 3.31. The lowest BCUT2D eigenvalue weighted by Gasteiger charge is -2.39. The number of rotatable bonds is 4. The van der Waals surface area contributed by atoms with E-state index in [0.717, 1.165) is 36.8 Å². The monoisotopic (exact) mass is 477 g/mol. The van der Waals surface area contributed by atoms with Gasteiger partial charge in [0.25, 0.3) is 5.91 Å². The molecule has 34 heavy (non-hydrogen) atoms. The molecule has 0 unspecified atom stereocenters. The van der Waals surface area contributed by atoms with Crippen LogP contribution >= 0.6 is 11.3 Å². The summed E-state index contributed by atoms with van der Waals surface area (Å²) in [5, 5.41) is 5.59. The van der Waals surface area contributed by atoms with E-state index >= 15 is 0 Å². The topological polar surface area (TPSA) is 94.6 Å². The van der Waals surface area contributed by atoms with Crippen LogP contribution in [-0.2, 0) is 0 Å². The third kappa shape index (κ3) is 5.01. The van der Waals surface area contributed by atoms with Crippen LogP contribution in [0.4, 0.5) is 16.3 Å². The van der Waals surface area contributed by atoms with Crippen molar-refractivity contribution < 1.29 is 9.59 Å². The summed E-state index contributed by atoms with van der Waals surface area (Å²) in [6.07, 6.45) is 6.79. The molecule has 2 fully saturated rings. The predicted molar refractivity (Wildman–Crippen MR) is 131 cm³/mol. The quantitative estimate of drug-likeness (QED) is 0.620. The maximum absolute atomic E-state index is 13.1. The number of hydrogen-bond acceptors (Lipinski definition) is 7. The maximum atomic E-state index is 13.1. The average molecular weight is 478 g/mol. The van der Waals surface area contributed by atoms with Crippen molar-refractivity contribution in [3.8, 4) is 0 Å². The van der Waals surface area contributed by atoms with Gasteiger partial charge in [0.2, 0.25) is 0 Å². The third-order valence-electron chi connectivity index (χ3n) is 6.31. The standard InChI is InChI=1S/C24H27N7O2S/c32-22(27-19-4-3-8-25-16-19)20-17-34-23(28-20)18-6-10-30(11-7-18)24(33)31-14-12-29(13-15-31)21-5-1-2-9-26-21/h1-5,8-9,16-18H,6-7,10-15H2,(H,27,32). The van der Waals surface area contributed by atoms with Gasteiger partial charge in [-0.25, -0.2) is 14.8 Å². The van der Waals surface area contributed by atoms with E-state index in [1.165, 1.54) is 11.3 Å². The Balaban J connectivity index is 1.11. The molecule has 0 aromatic carbocycles. The fraction of sp³-hybridized carbons (Fsp3) is 0.375. The number of amides is 3. The van der Waals surface area contributed by atoms with Crippen LogP contribution in [0.3, 0.4) is 0 Å². The first-order valence-corrected chi connectivity index (χ1v) is 12.4. The normalized spacial score (nSPS) is 17.0. The minimum absolute atomic E-state index is 0.120. The highest BCUT2D eigenvalue weighted by molar-refractivity contribution is 7.10. The van der Waals surface area contributed by atoms with Crippen LogP contribution in [0.25, 0.3) is 0 Å². The number of pyridine rings is 2. The van der Waals surface area contributed by atoms with Gasteiger partial charge in [-0.15, -0.1) is 11.3 Å². The minimum atomic E-state index is -0.229. The minimum Gasteiger partial charge on any atom is -0.353 e. The molecule has 2 saturated heterocycles. The van der Waals surface area contributed by atoms with Crippen LogP contribution in [0.15, 0.2) is 54.3 Å². The second kappa shape index (κ2) is 10.2. The molecule has 3 amide bonds. The Morgan fingerprint density at radius 2 is 1.74 bits per heavy atom. The summed E-state index contributed by atoms with van der Waals surface area (Å²) in [4.78, 5) is 44.7. The van der Waals surface area contributed by atoms with Crippen molar-refractivity contribution in [2.75, 3.05) is 49.5 Å². The molecule has 2 aliphatic rings. The van der Waals surface area contributed by atoms with Crippen molar-refractivity contribution in [2.24, 2.45) is 0 Å². The van der Waals surface area contributed by atoms with E-state index < -0.39 is 0 Å². The molecule has 0 spiro atoms. The van der Waals surface area contributed by atoms with Crippen molar-refractivity contribution in [2.45, 2.75) is 18.8 Å². The average Bonchev–Trinajstić information content (AvgIpc) is 3.40. The van der Waals surface area contributed by atoms with Gasteiger partial charge in [-0.2, -0.15) is 0 Å². The van der Waals surface area contributed by atoms with Gasteiger partial charge in [-0.1, -0.05) is 6.07 Å². The second-order valence-electron chi connectivity index (χ2n) is 8.47. The molecule has 0 atom stereocenters. The largest absolute Gasteiger partial charge is 0.353 e. The summed E-state index contributed by atoms with van der Waals surface area (Å²) in [6, 6.07) is 9.60. The molecule has 3 aromatic rings. The number of aromatic nitrogens is 3. The molecule has 10 heteroatoms. The van der Waals surface area contributed by atoms with Crippen molar-refractivity contribution in [1.82, 2.24) is 24.8 Å². The molecule has 176 valence electrons. The number of urea groups is 1. The van der Waals surface area contributed by atoms with Crippen LogP contribution in [0.2, 0.25) is 0 Å². The summed E-state index contributed by atoms with van der Waals surface area (Å²) < 4.78 is 0. The molecule has 9 nitrogen and oxygen atoms in total. The van der Waals surface area contributed by atoms with Crippen LogP contribution in [0.5, 0.6) is 0 Å². The molecule has 5 rings (SSSR count). The van der Waals surface area contributed by atoms with Crippen molar-refractivity contribution in [3.63, 3.8) is 0 Å². The zero-order valence-corrected chi connectivity index (χ0v) is 19.7. The molecule has 0 radical (unpaired) electrons. The smallest absolute Gasteiger partial charge is 0.320 e. The number of thiazole rings is 1. The summed E-state index contributed by atoms with van der Waals surface area (Å²) in [5.74, 6) is 1.01. The molecule has 0 bridgehead atoms. The van der Waals surface area contributed by atoms with E-state index in [0.29, 0.717) is 37.6 Å². The van der Waals surface area contributed by atoms with E-state index in [1.807, 2.05) is 28.0 Å².